The summed E-state index contributed by atoms with van der Waals surface area (Å²) >= 11 is 0. The first kappa shape index (κ1) is 9.76. The highest BCUT2D eigenvalue weighted by atomic mass is 14.6. The van der Waals surface area contributed by atoms with Gasteiger partial charge in [0.25, 0.3) is 0 Å². The van der Waals surface area contributed by atoms with E-state index in [9.17, 15) is 0 Å². The van der Waals surface area contributed by atoms with Gasteiger partial charge in [-0.1, -0.05) is 37.0 Å². The van der Waals surface area contributed by atoms with Crippen LogP contribution in [0, 0.1) is 0 Å². The molecule has 0 heterocycles. The van der Waals surface area contributed by atoms with Crippen LogP contribution in [0.2, 0.25) is 0 Å². The van der Waals surface area contributed by atoms with Crippen LogP contribution in [0.3, 0.4) is 0 Å². The van der Waals surface area contributed by atoms with Gasteiger partial charge < -0.3 is 5.73 Å². The molecule has 2 N–H and O–H groups in total. The Bertz CT molecular complexity index is 220. The predicted molar refractivity (Wildman–Crippen MR) is 53.2 cm³/mol. The largest absolute Gasteiger partial charge is 0.402 e. The molecule has 0 unspecified atom stereocenters. The molecule has 0 aromatic rings. The molecule has 0 aliphatic heterocycles. The Balaban J connectivity index is 0. The number of rotatable bonds is 3. The van der Waals surface area contributed by atoms with Gasteiger partial charge in [-0.05, 0) is 19.4 Å². The zero-order valence-electron chi connectivity index (χ0n) is 7.22. The van der Waals surface area contributed by atoms with Crippen molar-refractivity contribution in [2.24, 2.45) is 5.73 Å². The molecule has 0 amide bonds. The maximum atomic E-state index is 5.56. The first-order valence-electron chi connectivity index (χ1n) is 3.50. The second-order valence-electron chi connectivity index (χ2n) is 2.52. The molecule has 0 rings (SSSR count). The average Bonchev–Trinajstić information content (AvgIpc) is 1.87. The van der Waals surface area contributed by atoms with E-state index in [2.05, 4.69) is 13.2 Å². The molecule has 0 spiro atoms. The number of hydrogen-bond donors (Lipinski definition) is 1. The summed E-state index contributed by atoms with van der Waals surface area (Å²) in [5, 5.41) is 0. The Kier molecular flexibility index (Phi) is 4.04. The van der Waals surface area contributed by atoms with Gasteiger partial charge in [-0.25, -0.2) is 0 Å². The highest BCUT2D eigenvalue weighted by molar-refractivity contribution is 5.35. The molecule has 1 heteroatoms. The van der Waals surface area contributed by atoms with Crippen LogP contribution >= 0.6 is 0 Å². The lowest BCUT2D eigenvalue weighted by Crippen LogP contribution is -1.93. The van der Waals surface area contributed by atoms with E-state index < -0.39 is 0 Å². The highest BCUT2D eigenvalue weighted by Crippen LogP contribution is 2.03. The molecular weight excluding hydrogens is 134 g/mol. The molecule has 62 valence electrons. The van der Waals surface area contributed by atoms with Crippen LogP contribution in [0.5, 0.6) is 0 Å². The monoisotopic (exact) mass is 151 g/mol. The third kappa shape index (κ3) is 4.20. The Hall–Kier alpha value is -1.24. The smallest absolute Gasteiger partial charge is 0.0122 e. The van der Waals surface area contributed by atoms with Crippen LogP contribution in [0.1, 0.15) is 15.3 Å². The molecule has 0 saturated heterocycles. The summed E-state index contributed by atoms with van der Waals surface area (Å²) in [5.41, 5.74) is 8.29. The van der Waals surface area contributed by atoms with Crippen molar-refractivity contribution in [3.05, 3.63) is 48.2 Å². The summed E-state index contributed by atoms with van der Waals surface area (Å²) < 4.78 is 0. The van der Waals surface area contributed by atoms with E-state index in [1.54, 1.807) is 6.08 Å². The molecule has 0 aromatic heterocycles. The van der Waals surface area contributed by atoms with Gasteiger partial charge in [-0.3, -0.25) is 0 Å². The van der Waals surface area contributed by atoms with Crippen molar-refractivity contribution in [3.63, 3.8) is 0 Å². The minimum atomic E-state index is 0. The molecule has 0 atom stereocenters. The second kappa shape index (κ2) is 4.56. The number of nitrogens with two attached hydrogens (primary N) is 1. The van der Waals surface area contributed by atoms with E-state index in [0.717, 1.165) is 16.8 Å². The fourth-order valence-corrected chi connectivity index (χ4v) is 0.593. The van der Waals surface area contributed by atoms with Crippen molar-refractivity contribution in [3.8, 4) is 0 Å². The van der Waals surface area contributed by atoms with Gasteiger partial charge in [0.05, 0.1) is 0 Å². The zero-order valence-corrected chi connectivity index (χ0v) is 7.22. The quantitative estimate of drug-likeness (QED) is 0.617. The molecule has 1 nitrogen and oxygen atoms in total. The Labute approximate surface area is 70.1 Å². The van der Waals surface area contributed by atoms with Gasteiger partial charge in [0.1, 0.15) is 0 Å². The minimum Gasteiger partial charge on any atom is -0.402 e. The van der Waals surface area contributed by atoms with Crippen LogP contribution in [-0.4, -0.2) is 0 Å². The number of hydrogen-bond acceptors (Lipinski definition) is 1. The van der Waals surface area contributed by atoms with Crippen molar-refractivity contribution < 1.29 is 1.43 Å². The van der Waals surface area contributed by atoms with Crippen molar-refractivity contribution in [1.82, 2.24) is 0 Å². The van der Waals surface area contributed by atoms with Crippen LogP contribution < -0.4 is 5.73 Å². The van der Waals surface area contributed by atoms with Crippen LogP contribution in [0.4, 0.5) is 0 Å². The summed E-state index contributed by atoms with van der Waals surface area (Å²) in [6.45, 7) is 11.2. The van der Waals surface area contributed by atoms with E-state index >= 15 is 0 Å². The van der Waals surface area contributed by atoms with Gasteiger partial charge in [-0.2, -0.15) is 0 Å². The molecule has 0 saturated carbocycles. The molecule has 0 aliphatic carbocycles. The van der Waals surface area contributed by atoms with Gasteiger partial charge in [0.15, 0.2) is 0 Å². The summed E-state index contributed by atoms with van der Waals surface area (Å²) in [6, 6.07) is 0. The van der Waals surface area contributed by atoms with Gasteiger partial charge >= 0.3 is 0 Å². The first-order valence-corrected chi connectivity index (χ1v) is 3.50. The standard InChI is InChI=1S/C10H15N.H2/c1-5-10(9(4)11)7-6-8(2)3;/h5-7H,1-2,11H2,3-4H3;1H/b7-6-,10-9-;. The molecule has 0 aromatic carbocycles. The lowest BCUT2D eigenvalue weighted by Gasteiger charge is -1.95. The van der Waals surface area contributed by atoms with E-state index in [1.807, 2.05) is 26.0 Å². The predicted octanol–water partition coefficient (Wildman–Crippen LogP) is 2.78. The first-order chi connectivity index (χ1) is 5.07. The second-order valence-corrected chi connectivity index (χ2v) is 2.52. The summed E-state index contributed by atoms with van der Waals surface area (Å²) in [7, 11) is 0. The fourth-order valence-electron chi connectivity index (χ4n) is 0.593. The highest BCUT2D eigenvalue weighted by Gasteiger charge is 1.87. The summed E-state index contributed by atoms with van der Waals surface area (Å²) in [4.78, 5) is 0. The normalized spacial score (nSPS) is 12.9. The van der Waals surface area contributed by atoms with E-state index in [0.29, 0.717) is 0 Å². The zero-order chi connectivity index (χ0) is 8.85. The van der Waals surface area contributed by atoms with Crippen molar-refractivity contribution in [2.45, 2.75) is 13.8 Å². The SMILES string of the molecule is C=CC(/C=C\C(=C)C)=C(\C)N.[HH]. The fraction of sp³-hybridized carbons (Fsp3) is 0.200. The molecule has 0 fully saturated rings. The van der Waals surface area contributed by atoms with E-state index in [1.165, 1.54) is 0 Å². The third-order valence-electron chi connectivity index (χ3n) is 1.22. The lowest BCUT2D eigenvalue weighted by atomic mass is 10.2. The average molecular weight is 151 g/mol. The maximum absolute atomic E-state index is 5.56. The maximum Gasteiger partial charge on any atom is 0.0122 e. The third-order valence-corrected chi connectivity index (χ3v) is 1.22. The molecule has 0 aliphatic rings. The van der Waals surface area contributed by atoms with Crippen molar-refractivity contribution >= 4 is 0 Å². The van der Waals surface area contributed by atoms with Crippen molar-refractivity contribution in [1.29, 1.82) is 0 Å². The Morgan fingerprint density at radius 3 is 2.18 bits per heavy atom. The topological polar surface area (TPSA) is 26.0 Å². The van der Waals surface area contributed by atoms with Crippen LogP contribution in [-0.2, 0) is 0 Å². The molecule has 11 heavy (non-hydrogen) atoms. The molecule has 0 radical (unpaired) electrons. The van der Waals surface area contributed by atoms with Crippen LogP contribution in [0.15, 0.2) is 48.2 Å². The Morgan fingerprint density at radius 1 is 1.36 bits per heavy atom. The van der Waals surface area contributed by atoms with Gasteiger partial charge in [0.2, 0.25) is 0 Å². The minimum absolute atomic E-state index is 0. The summed E-state index contributed by atoms with van der Waals surface area (Å²) in [5.74, 6) is 0. The van der Waals surface area contributed by atoms with Gasteiger partial charge in [0, 0.05) is 7.12 Å². The molecule has 0 bridgehead atoms. The van der Waals surface area contributed by atoms with E-state index in [4.69, 9.17) is 5.73 Å². The lowest BCUT2D eigenvalue weighted by molar-refractivity contribution is 1.28. The molecular formula is C10H17N. The summed E-state index contributed by atoms with van der Waals surface area (Å²) in [6.07, 6.45) is 5.55. The van der Waals surface area contributed by atoms with Crippen LogP contribution in [0.25, 0.3) is 0 Å². The van der Waals surface area contributed by atoms with Crippen molar-refractivity contribution in [2.75, 3.05) is 0 Å². The van der Waals surface area contributed by atoms with Gasteiger partial charge in [-0.15, -0.1) is 0 Å². The van der Waals surface area contributed by atoms with E-state index in [-0.39, 0.29) is 1.43 Å². The number of allylic oxidation sites excluding steroid dienone is 6. The Morgan fingerprint density at radius 2 is 1.91 bits per heavy atom.